The van der Waals surface area contributed by atoms with Crippen LogP contribution in [0.25, 0.3) is 5.69 Å². The van der Waals surface area contributed by atoms with E-state index in [4.69, 9.17) is 16.3 Å². The maximum absolute atomic E-state index is 5.83. The van der Waals surface area contributed by atoms with E-state index in [1.807, 2.05) is 0 Å². The molecule has 72 valence electrons. The standard InChI is InChI=1S/C9H8ClN3O/c1-14-9-6-7(10)2-3-8(9)13-11-4-5-12-13/h2-6H,1H3. The van der Waals surface area contributed by atoms with E-state index in [0.717, 1.165) is 5.69 Å². The monoisotopic (exact) mass is 209 g/mol. The van der Waals surface area contributed by atoms with Gasteiger partial charge in [-0.25, -0.2) is 0 Å². The quantitative estimate of drug-likeness (QED) is 0.759. The Morgan fingerprint density at radius 1 is 1.29 bits per heavy atom. The lowest BCUT2D eigenvalue weighted by Crippen LogP contribution is -2.01. The molecule has 0 amide bonds. The van der Waals surface area contributed by atoms with Crippen molar-refractivity contribution in [2.75, 3.05) is 7.11 Å². The third-order valence-electron chi connectivity index (χ3n) is 1.78. The van der Waals surface area contributed by atoms with Crippen LogP contribution in [0, 0.1) is 0 Å². The summed E-state index contributed by atoms with van der Waals surface area (Å²) in [5, 5.41) is 8.64. The van der Waals surface area contributed by atoms with E-state index in [1.165, 1.54) is 4.80 Å². The molecule has 2 rings (SSSR count). The maximum Gasteiger partial charge on any atom is 0.147 e. The van der Waals surface area contributed by atoms with Gasteiger partial charge >= 0.3 is 0 Å². The van der Waals surface area contributed by atoms with E-state index in [0.29, 0.717) is 10.8 Å². The van der Waals surface area contributed by atoms with Crippen LogP contribution in [0.2, 0.25) is 5.02 Å². The van der Waals surface area contributed by atoms with Gasteiger partial charge in [0.2, 0.25) is 0 Å². The largest absolute Gasteiger partial charge is 0.494 e. The fourth-order valence-electron chi connectivity index (χ4n) is 1.16. The summed E-state index contributed by atoms with van der Waals surface area (Å²) in [6, 6.07) is 5.30. The zero-order chi connectivity index (χ0) is 9.97. The van der Waals surface area contributed by atoms with Crippen molar-refractivity contribution in [3.63, 3.8) is 0 Å². The second kappa shape index (κ2) is 3.67. The van der Waals surface area contributed by atoms with Crippen molar-refractivity contribution in [1.29, 1.82) is 0 Å². The molecule has 0 spiro atoms. The van der Waals surface area contributed by atoms with Crippen molar-refractivity contribution in [2.24, 2.45) is 0 Å². The van der Waals surface area contributed by atoms with Gasteiger partial charge in [-0.15, -0.1) is 4.80 Å². The lowest BCUT2D eigenvalue weighted by atomic mass is 10.3. The summed E-state index contributed by atoms with van der Waals surface area (Å²) in [6.45, 7) is 0. The van der Waals surface area contributed by atoms with Gasteiger partial charge in [0.25, 0.3) is 0 Å². The Kier molecular flexibility index (Phi) is 2.37. The van der Waals surface area contributed by atoms with Crippen LogP contribution in [0.1, 0.15) is 0 Å². The fraction of sp³-hybridized carbons (Fsp3) is 0.111. The third kappa shape index (κ3) is 1.56. The fourth-order valence-corrected chi connectivity index (χ4v) is 1.32. The molecular weight excluding hydrogens is 202 g/mol. The highest BCUT2D eigenvalue weighted by Crippen LogP contribution is 2.24. The van der Waals surface area contributed by atoms with Crippen molar-refractivity contribution < 1.29 is 4.74 Å². The summed E-state index contributed by atoms with van der Waals surface area (Å²) in [6.07, 6.45) is 3.21. The first-order valence-corrected chi connectivity index (χ1v) is 4.39. The van der Waals surface area contributed by atoms with Crippen LogP contribution < -0.4 is 4.74 Å². The molecule has 1 heterocycles. The molecule has 0 radical (unpaired) electrons. The summed E-state index contributed by atoms with van der Waals surface area (Å²) in [5.41, 5.74) is 0.766. The number of hydrogen-bond acceptors (Lipinski definition) is 3. The second-order valence-electron chi connectivity index (χ2n) is 2.63. The van der Waals surface area contributed by atoms with Crippen LogP contribution in [0.3, 0.4) is 0 Å². The van der Waals surface area contributed by atoms with Crippen LogP contribution in [0.4, 0.5) is 0 Å². The third-order valence-corrected chi connectivity index (χ3v) is 2.01. The molecule has 0 bridgehead atoms. The highest BCUT2D eigenvalue weighted by molar-refractivity contribution is 6.30. The Morgan fingerprint density at radius 2 is 2.00 bits per heavy atom. The molecule has 2 aromatic rings. The van der Waals surface area contributed by atoms with Crippen molar-refractivity contribution in [1.82, 2.24) is 15.0 Å². The summed E-state index contributed by atoms with van der Waals surface area (Å²) in [7, 11) is 1.58. The normalized spacial score (nSPS) is 10.1. The molecular formula is C9H8ClN3O. The van der Waals surface area contributed by atoms with Crippen LogP contribution in [0.15, 0.2) is 30.6 Å². The minimum atomic E-state index is 0.623. The molecule has 0 aliphatic carbocycles. The van der Waals surface area contributed by atoms with Gasteiger partial charge in [-0.05, 0) is 12.1 Å². The molecule has 1 aromatic heterocycles. The molecule has 5 heteroatoms. The minimum Gasteiger partial charge on any atom is -0.494 e. The van der Waals surface area contributed by atoms with Gasteiger partial charge in [-0.3, -0.25) is 0 Å². The number of halogens is 1. The first-order chi connectivity index (χ1) is 6.81. The molecule has 0 saturated carbocycles. The highest BCUT2D eigenvalue weighted by atomic mass is 35.5. The van der Waals surface area contributed by atoms with Crippen molar-refractivity contribution in [3.05, 3.63) is 35.6 Å². The molecule has 0 N–H and O–H groups in total. The summed E-state index contributed by atoms with van der Waals surface area (Å²) in [5.74, 6) is 0.647. The molecule has 1 aromatic carbocycles. The van der Waals surface area contributed by atoms with E-state index in [1.54, 1.807) is 37.7 Å². The number of hydrogen-bond donors (Lipinski definition) is 0. The van der Waals surface area contributed by atoms with Gasteiger partial charge in [-0.2, -0.15) is 10.2 Å². The van der Waals surface area contributed by atoms with Crippen molar-refractivity contribution in [3.8, 4) is 11.4 Å². The van der Waals surface area contributed by atoms with Gasteiger partial charge < -0.3 is 4.74 Å². The molecule has 0 fully saturated rings. The van der Waals surface area contributed by atoms with Crippen LogP contribution >= 0.6 is 11.6 Å². The molecule has 0 atom stereocenters. The zero-order valence-corrected chi connectivity index (χ0v) is 8.27. The van der Waals surface area contributed by atoms with Crippen molar-refractivity contribution >= 4 is 11.6 Å². The molecule has 4 nitrogen and oxygen atoms in total. The van der Waals surface area contributed by atoms with Gasteiger partial charge in [0.1, 0.15) is 11.4 Å². The number of aromatic nitrogens is 3. The Bertz CT molecular complexity index is 428. The highest BCUT2D eigenvalue weighted by Gasteiger charge is 2.06. The summed E-state index contributed by atoms with van der Waals surface area (Å²) >= 11 is 5.83. The Balaban J connectivity index is 2.53. The van der Waals surface area contributed by atoms with E-state index in [2.05, 4.69) is 10.2 Å². The van der Waals surface area contributed by atoms with Gasteiger partial charge in [0.05, 0.1) is 19.5 Å². The van der Waals surface area contributed by atoms with Gasteiger partial charge in [0, 0.05) is 11.1 Å². The average molecular weight is 210 g/mol. The molecule has 0 aliphatic heterocycles. The van der Waals surface area contributed by atoms with Crippen LogP contribution in [0.5, 0.6) is 5.75 Å². The lowest BCUT2D eigenvalue weighted by molar-refractivity contribution is 0.410. The van der Waals surface area contributed by atoms with E-state index < -0.39 is 0 Å². The smallest absolute Gasteiger partial charge is 0.147 e. The first kappa shape index (κ1) is 9.02. The molecule has 0 saturated heterocycles. The van der Waals surface area contributed by atoms with Gasteiger partial charge in [0.15, 0.2) is 0 Å². The minimum absolute atomic E-state index is 0.623. The van der Waals surface area contributed by atoms with E-state index in [9.17, 15) is 0 Å². The topological polar surface area (TPSA) is 39.9 Å². The maximum atomic E-state index is 5.83. The second-order valence-corrected chi connectivity index (χ2v) is 3.07. The van der Waals surface area contributed by atoms with E-state index in [-0.39, 0.29) is 0 Å². The SMILES string of the molecule is COc1cc(Cl)ccc1-n1nccn1. The summed E-state index contributed by atoms with van der Waals surface area (Å²) < 4.78 is 5.16. The van der Waals surface area contributed by atoms with Crippen molar-refractivity contribution in [2.45, 2.75) is 0 Å². The molecule has 14 heavy (non-hydrogen) atoms. The summed E-state index contributed by atoms with van der Waals surface area (Å²) in [4.78, 5) is 1.48. The number of nitrogens with zero attached hydrogens (tertiary/aromatic N) is 3. The number of rotatable bonds is 2. The Hall–Kier alpha value is -1.55. The predicted octanol–water partition coefficient (Wildman–Crippen LogP) is 1.93. The van der Waals surface area contributed by atoms with E-state index >= 15 is 0 Å². The Morgan fingerprint density at radius 3 is 2.64 bits per heavy atom. The van der Waals surface area contributed by atoms with Crippen LogP contribution in [-0.4, -0.2) is 22.1 Å². The number of ether oxygens (including phenoxy) is 1. The Labute approximate surface area is 86.1 Å². The number of methoxy groups -OCH3 is 1. The zero-order valence-electron chi connectivity index (χ0n) is 7.51. The number of benzene rings is 1. The lowest BCUT2D eigenvalue weighted by Gasteiger charge is -2.06. The van der Waals surface area contributed by atoms with Crippen LogP contribution in [-0.2, 0) is 0 Å². The predicted molar refractivity (Wildman–Crippen MR) is 52.9 cm³/mol. The molecule has 0 aliphatic rings. The first-order valence-electron chi connectivity index (χ1n) is 4.01. The average Bonchev–Trinajstić information content (AvgIpc) is 2.70. The van der Waals surface area contributed by atoms with Gasteiger partial charge in [-0.1, -0.05) is 11.6 Å². The molecule has 0 unspecified atom stereocenters.